The first-order valence-corrected chi connectivity index (χ1v) is 6.10. The van der Waals surface area contributed by atoms with Crippen LogP contribution in [0.25, 0.3) is 0 Å². The Hall–Kier alpha value is -0.910. The van der Waals surface area contributed by atoms with Crippen LogP contribution in [0, 0.1) is 0 Å². The van der Waals surface area contributed by atoms with Crippen LogP contribution in [0.2, 0.25) is 0 Å². The van der Waals surface area contributed by atoms with Crippen molar-refractivity contribution in [1.29, 1.82) is 0 Å². The number of aliphatic hydroxyl groups is 1. The molecular weight excluding hydrogens is 226 g/mol. The monoisotopic (exact) mass is 243 g/mol. The van der Waals surface area contributed by atoms with Gasteiger partial charge in [0.2, 0.25) is 5.91 Å². The van der Waals surface area contributed by atoms with E-state index in [1.54, 1.807) is 6.92 Å². The van der Waals surface area contributed by atoms with Gasteiger partial charge in [-0.2, -0.15) is 11.3 Å². The molecule has 0 aliphatic carbocycles. The summed E-state index contributed by atoms with van der Waals surface area (Å²) in [6.45, 7) is 4.24. The van der Waals surface area contributed by atoms with Crippen LogP contribution in [-0.4, -0.2) is 30.8 Å². The third-order valence-corrected chi connectivity index (χ3v) is 2.89. The van der Waals surface area contributed by atoms with E-state index in [0.29, 0.717) is 6.61 Å². The molecule has 4 nitrogen and oxygen atoms in total. The van der Waals surface area contributed by atoms with Crippen molar-refractivity contribution in [1.82, 2.24) is 5.32 Å². The zero-order valence-corrected chi connectivity index (χ0v) is 10.3. The second kappa shape index (κ2) is 5.98. The van der Waals surface area contributed by atoms with Crippen molar-refractivity contribution < 1.29 is 14.6 Å². The highest BCUT2D eigenvalue weighted by Crippen LogP contribution is 2.21. The molecule has 0 spiro atoms. The van der Waals surface area contributed by atoms with Gasteiger partial charge in [0.15, 0.2) is 0 Å². The molecule has 1 aromatic rings. The van der Waals surface area contributed by atoms with Gasteiger partial charge in [0.1, 0.15) is 12.2 Å². The van der Waals surface area contributed by atoms with E-state index >= 15 is 0 Å². The maximum atomic E-state index is 11.3. The Morgan fingerprint density at radius 3 is 3.00 bits per heavy atom. The second-order valence-corrected chi connectivity index (χ2v) is 4.48. The molecule has 1 atom stereocenters. The Morgan fingerprint density at radius 2 is 2.44 bits per heavy atom. The zero-order chi connectivity index (χ0) is 12.0. The topological polar surface area (TPSA) is 58.6 Å². The maximum absolute atomic E-state index is 11.3. The fourth-order valence-electron chi connectivity index (χ4n) is 1.19. The Balaban J connectivity index is 2.39. The molecule has 0 aromatic carbocycles. The predicted molar refractivity (Wildman–Crippen MR) is 63.4 cm³/mol. The van der Waals surface area contributed by atoms with Gasteiger partial charge in [0.05, 0.1) is 6.54 Å². The number of rotatable bonds is 6. The molecule has 0 saturated heterocycles. The molecule has 90 valence electrons. The van der Waals surface area contributed by atoms with Crippen LogP contribution in [0.4, 0.5) is 0 Å². The smallest absolute Gasteiger partial charge is 0.246 e. The molecule has 2 N–H and O–H groups in total. The van der Waals surface area contributed by atoms with Gasteiger partial charge in [-0.05, 0) is 36.2 Å². The Kier molecular flexibility index (Phi) is 4.92. The molecule has 0 aliphatic heterocycles. The third kappa shape index (κ3) is 3.92. The van der Waals surface area contributed by atoms with Crippen LogP contribution in [0.15, 0.2) is 16.8 Å². The number of amides is 1. The number of hydrogen-bond donors (Lipinski definition) is 2. The largest absolute Gasteiger partial charge is 0.384 e. The number of hydrogen-bond acceptors (Lipinski definition) is 4. The molecule has 1 rings (SSSR count). The summed E-state index contributed by atoms with van der Waals surface area (Å²) >= 11 is 1.52. The van der Waals surface area contributed by atoms with Crippen LogP contribution in [-0.2, 0) is 15.1 Å². The van der Waals surface area contributed by atoms with Crippen LogP contribution in [0.5, 0.6) is 0 Å². The van der Waals surface area contributed by atoms with Gasteiger partial charge in [-0.25, -0.2) is 0 Å². The first kappa shape index (κ1) is 13.2. The molecule has 0 bridgehead atoms. The fraction of sp³-hybridized carbons (Fsp3) is 0.545. The summed E-state index contributed by atoms with van der Waals surface area (Å²) in [6, 6.07) is 1.85. The molecule has 0 fully saturated rings. The summed E-state index contributed by atoms with van der Waals surface area (Å²) in [7, 11) is 0. The molecule has 0 aliphatic rings. The van der Waals surface area contributed by atoms with E-state index in [-0.39, 0.29) is 19.1 Å². The second-order valence-electron chi connectivity index (χ2n) is 3.70. The summed E-state index contributed by atoms with van der Waals surface area (Å²) in [6.07, 6.45) is 0. The Bertz CT molecular complexity index is 322. The highest BCUT2D eigenvalue weighted by molar-refractivity contribution is 7.08. The Labute approximate surface area is 99.2 Å². The van der Waals surface area contributed by atoms with Crippen molar-refractivity contribution >= 4 is 17.2 Å². The van der Waals surface area contributed by atoms with E-state index in [1.165, 1.54) is 11.3 Å². The molecule has 1 amide bonds. The predicted octanol–water partition coefficient (Wildman–Crippen LogP) is 1.11. The minimum absolute atomic E-state index is 0.0379. The summed E-state index contributed by atoms with van der Waals surface area (Å²) in [5, 5.41) is 16.5. The average molecular weight is 243 g/mol. The third-order valence-electron chi connectivity index (χ3n) is 2.21. The number of carbonyl (C=O) groups is 1. The summed E-state index contributed by atoms with van der Waals surface area (Å²) in [5.41, 5.74) is -0.212. The van der Waals surface area contributed by atoms with E-state index in [4.69, 9.17) is 4.74 Å². The molecule has 0 unspecified atom stereocenters. The van der Waals surface area contributed by atoms with Gasteiger partial charge in [-0.1, -0.05) is 0 Å². The molecule has 0 radical (unpaired) electrons. The molecular formula is C11H17NO3S. The minimum Gasteiger partial charge on any atom is -0.384 e. The van der Waals surface area contributed by atoms with E-state index in [0.717, 1.165) is 5.56 Å². The first-order valence-electron chi connectivity index (χ1n) is 5.15. The number of thiophene rings is 1. The highest BCUT2D eigenvalue weighted by Gasteiger charge is 2.23. The van der Waals surface area contributed by atoms with Gasteiger partial charge in [-0.3, -0.25) is 4.79 Å². The SMILES string of the molecule is CCOCC(=O)NC[C@](C)(O)c1ccsc1. The first-order chi connectivity index (χ1) is 7.56. The molecule has 0 saturated carbocycles. The van der Waals surface area contributed by atoms with Crippen LogP contribution < -0.4 is 5.32 Å². The molecule has 16 heavy (non-hydrogen) atoms. The van der Waals surface area contributed by atoms with Gasteiger partial charge < -0.3 is 15.2 Å². The lowest BCUT2D eigenvalue weighted by Crippen LogP contribution is -2.39. The molecule has 1 aromatic heterocycles. The van der Waals surface area contributed by atoms with Crippen molar-refractivity contribution in [3.05, 3.63) is 22.4 Å². The standard InChI is InChI=1S/C11H17NO3S/c1-3-15-6-10(13)12-8-11(2,14)9-4-5-16-7-9/h4-5,7,14H,3,6,8H2,1-2H3,(H,12,13)/t11-/m0/s1. The minimum atomic E-state index is -1.03. The van der Waals surface area contributed by atoms with Crippen molar-refractivity contribution in [3.63, 3.8) is 0 Å². The number of nitrogens with one attached hydrogen (secondary N) is 1. The molecule has 5 heteroatoms. The highest BCUT2D eigenvalue weighted by atomic mass is 32.1. The van der Waals surface area contributed by atoms with E-state index in [9.17, 15) is 9.90 Å². The summed E-state index contributed by atoms with van der Waals surface area (Å²) in [4.78, 5) is 11.3. The average Bonchev–Trinajstić information content (AvgIpc) is 2.77. The van der Waals surface area contributed by atoms with Gasteiger partial charge in [-0.15, -0.1) is 0 Å². The number of carbonyl (C=O) groups excluding carboxylic acids is 1. The summed E-state index contributed by atoms with van der Waals surface area (Å²) < 4.78 is 4.96. The summed E-state index contributed by atoms with van der Waals surface area (Å²) in [5.74, 6) is -0.211. The van der Waals surface area contributed by atoms with Crippen molar-refractivity contribution in [2.24, 2.45) is 0 Å². The van der Waals surface area contributed by atoms with Crippen molar-refractivity contribution in [2.75, 3.05) is 19.8 Å². The van der Waals surface area contributed by atoms with Gasteiger partial charge >= 0.3 is 0 Å². The normalized spacial score (nSPS) is 14.4. The molecule has 1 heterocycles. The lowest BCUT2D eigenvalue weighted by Gasteiger charge is -2.22. The van der Waals surface area contributed by atoms with Crippen molar-refractivity contribution in [2.45, 2.75) is 19.4 Å². The zero-order valence-electron chi connectivity index (χ0n) is 9.53. The quantitative estimate of drug-likeness (QED) is 0.787. The lowest BCUT2D eigenvalue weighted by atomic mass is 9.99. The van der Waals surface area contributed by atoms with Gasteiger partial charge in [0, 0.05) is 6.61 Å². The van der Waals surface area contributed by atoms with Crippen molar-refractivity contribution in [3.8, 4) is 0 Å². The van der Waals surface area contributed by atoms with Gasteiger partial charge in [0.25, 0.3) is 0 Å². The van der Waals surface area contributed by atoms with Crippen LogP contribution >= 0.6 is 11.3 Å². The number of ether oxygens (including phenoxy) is 1. The van der Waals surface area contributed by atoms with Crippen LogP contribution in [0.1, 0.15) is 19.4 Å². The fourth-order valence-corrected chi connectivity index (χ4v) is 1.97. The van der Waals surface area contributed by atoms with E-state index in [2.05, 4.69) is 5.32 Å². The Morgan fingerprint density at radius 1 is 1.69 bits per heavy atom. The van der Waals surface area contributed by atoms with Crippen LogP contribution in [0.3, 0.4) is 0 Å². The maximum Gasteiger partial charge on any atom is 0.246 e. The lowest BCUT2D eigenvalue weighted by molar-refractivity contribution is -0.126. The van der Waals surface area contributed by atoms with E-state index in [1.807, 2.05) is 23.8 Å². The van der Waals surface area contributed by atoms with E-state index < -0.39 is 5.60 Å².